The summed E-state index contributed by atoms with van der Waals surface area (Å²) in [6.45, 7) is 5.55. The molecule has 35 heavy (non-hydrogen) atoms. The molecule has 13 heteroatoms. The van der Waals surface area contributed by atoms with Crippen LogP contribution >= 0.6 is 0 Å². The Labute approximate surface area is 203 Å². The molecule has 0 atom stereocenters. The van der Waals surface area contributed by atoms with Crippen molar-refractivity contribution in [3.05, 3.63) is 59.9 Å². The van der Waals surface area contributed by atoms with Gasteiger partial charge in [-0.1, -0.05) is 13.8 Å². The lowest BCUT2D eigenvalue weighted by molar-refractivity contribution is 0.0365. The predicted octanol–water partition coefficient (Wildman–Crippen LogP) is 3.27. The van der Waals surface area contributed by atoms with Crippen molar-refractivity contribution in [2.45, 2.75) is 26.7 Å². The summed E-state index contributed by atoms with van der Waals surface area (Å²) >= 11 is 0. The summed E-state index contributed by atoms with van der Waals surface area (Å²) in [7, 11) is -1.65. The van der Waals surface area contributed by atoms with Gasteiger partial charge in [0.05, 0.1) is 29.2 Å². The van der Waals surface area contributed by atoms with Crippen molar-refractivity contribution in [3.8, 4) is 0 Å². The second-order valence-electron chi connectivity index (χ2n) is 7.63. The third-order valence-electron chi connectivity index (χ3n) is 4.90. The molecule has 0 fully saturated rings. The first-order valence-corrected chi connectivity index (χ1v) is 11.8. The molecule has 3 N–H and O–H groups in total. The Hall–Kier alpha value is -3.84. The molecule has 3 aromatic rings. The molecule has 0 spiro atoms. The van der Waals surface area contributed by atoms with Gasteiger partial charge in [-0.2, -0.15) is 0 Å². The molecule has 11 nitrogen and oxygen atoms in total. The van der Waals surface area contributed by atoms with Crippen molar-refractivity contribution in [2.75, 3.05) is 28.6 Å². The highest BCUT2D eigenvalue weighted by molar-refractivity contribution is 7.74. The van der Waals surface area contributed by atoms with E-state index in [0.717, 1.165) is 4.31 Å². The number of carbonyl (C=O) groups excluding carboxylic acids is 1. The summed E-state index contributed by atoms with van der Waals surface area (Å²) in [4.78, 5) is 29.8. The summed E-state index contributed by atoms with van der Waals surface area (Å²) in [5.41, 5.74) is 3.30. The third-order valence-corrected chi connectivity index (χ3v) is 5.60. The van der Waals surface area contributed by atoms with Gasteiger partial charge in [0.15, 0.2) is 0 Å². The molecule has 0 aliphatic heterocycles. The Bertz CT molecular complexity index is 1260. The minimum absolute atomic E-state index is 0.0835. The van der Waals surface area contributed by atoms with Crippen LogP contribution in [0.15, 0.2) is 43.0 Å². The Morgan fingerprint density at radius 2 is 1.91 bits per heavy atom. The zero-order valence-corrected chi connectivity index (χ0v) is 20.5. The van der Waals surface area contributed by atoms with Gasteiger partial charge in [-0.15, -0.1) is 0 Å². The Morgan fingerprint density at radius 3 is 2.54 bits per heavy atom. The topological polar surface area (TPSA) is 138 Å². The summed E-state index contributed by atoms with van der Waals surface area (Å²) < 4.78 is 39.4. The van der Waals surface area contributed by atoms with Crippen LogP contribution in [-0.2, 0) is 15.7 Å². The second kappa shape index (κ2) is 11.5. The molecule has 0 unspecified atom stereocenters. The molecule has 0 bridgehead atoms. The number of thiol groups is 1. The maximum Gasteiger partial charge on any atom is 0.278 e. The minimum atomic E-state index is -3.01. The van der Waals surface area contributed by atoms with Gasteiger partial charge in [-0.25, -0.2) is 33.2 Å². The Morgan fingerprint density at radius 1 is 1.14 bits per heavy atom. The number of halogens is 1. The molecule has 0 saturated heterocycles. The first kappa shape index (κ1) is 25.8. The van der Waals surface area contributed by atoms with E-state index in [4.69, 9.17) is 4.84 Å². The van der Waals surface area contributed by atoms with Crippen LogP contribution < -0.4 is 20.4 Å². The van der Waals surface area contributed by atoms with Crippen molar-refractivity contribution in [1.29, 1.82) is 0 Å². The maximum atomic E-state index is 14.9. The number of hydroxylamine groups is 1. The third kappa shape index (κ3) is 6.39. The van der Waals surface area contributed by atoms with Crippen LogP contribution in [-0.4, -0.2) is 42.9 Å². The monoisotopic (exact) mass is 503 g/mol. The van der Waals surface area contributed by atoms with Crippen molar-refractivity contribution in [2.24, 2.45) is 0 Å². The molecule has 0 aliphatic carbocycles. The Balaban J connectivity index is 2.10. The number of rotatable bonds is 10. The highest BCUT2D eigenvalue weighted by Gasteiger charge is 2.20. The van der Waals surface area contributed by atoms with Crippen molar-refractivity contribution in [3.63, 3.8) is 0 Å². The van der Waals surface area contributed by atoms with Crippen LogP contribution in [0.1, 0.15) is 42.6 Å². The zero-order chi connectivity index (χ0) is 25.5. The van der Waals surface area contributed by atoms with Gasteiger partial charge in [0.25, 0.3) is 5.91 Å². The standard InChI is InChI=1S/C22H26FN7O4S/c1-5-34-29-22(31)15-11-25-21(28-20-6-7-24-12-26-20)10-17(15)27-18-9-16(23)14(13(2)3)8-19(18)30(4)35(32)33/h6-13,35H,5H2,1-4H3,(H,29,31)(H2,24,25,26,27,28). The van der Waals surface area contributed by atoms with E-state index in [-0.39, 0.29) is 35.2 Å². The van der Waals surface area contributed by atoms with Gasteiger partial charge in [-0.3, -0.25) is 13.9 Å². The summed E-state index contributed by atoms with van der Waals surface area (Å²) in [5, 5.41) is 5.97. The fourth-order valence-corrected chi connectivity index (χ4v) is 3.46. The Kier molecular flexibility index (Phi) is 8.49. The molecule has 0 aliphatic rings. The predicted molar refractivity (Wildman–Crippen MR) is 131 cm³/mol. The summed E-state index contributed by atoms with van der Waals surface area (Å²) in [6, 6.07) is 5.80. The number of benzene rings is 1. The van der Waals surface area contributed by atoms with Crippen molar-refractivity contribution in [1.82, 2.24) is 20.4 Å². The lowest BCUT2D eigenvalue weighted by Gasteiger charge is -2.21. The SMILES string of the molecule is CCONC(=O)c1cnc(Nc2ccncn2)cc1Nc1cc(F)c(C(C)C)cc1N(C)[SH](=O)=O. The van der Waals surface area contributed by atoms with Gasteiger partial charge in [0, 0.05) is 25.5 Å². The van der Waals surface area contributed by atoms with E-state index in [1.807, 2.05) is 0 Å². The highest BCUT2D eigenvalue weighted by Crippen LogP contribution is 2.35. The van der Waals surface area contributed by atoms with Gasteiger partial charge >= 0.3 is 0 Å². The fraction of sp³-hybridized carbons (Fsp3) is 0.273. The van der Waals surface area contributed by atoms with Crippen molar-refractivity contribution < 1.29 is 22.4 Å². The van der Waals surface area contributed by atoms with Gasteiger partial charge in [-0.05, 0) is 36.6 Å². The highest BCUT2D eigenvalue weighted by atomic mass is 32.2. The number of nitrogens with zero attached hydrogens (tertiary/aromatic N) is 4. The van der Waals surface area contributed by atoms with Crippen LogP contribution in [0.3, 0.4) is 0 Å². The normalized spacial score (nSPS) is 10.9. The second-order valence-corrected chi connectivity index (χ2v) is 8.71. The lowest BCUT2D eigenvalue weighted by atomic mass is 10.0. The van der Waals surface area contributed by atoms with Gasteiger partial charge < -0.3 is 10.6 Å². The van der Waals surface area contributed by atoms with Crippen LogP contribution in [0.4, 0.5) is 33.1 Å². The van der Waals surface area contributed by atoms with Crippen LogP contribution in [0.25, 0.3) is 0 Å². The molecule has 1 aromatic carbocycles. The lowest BCUT2D eigenvalue weighted by Crippen LogP contribution is -2.25. The van der Waals surface area contributed by atoms with Crippen LogP contribution in [0.5, 0.6) is 0 Å². The van der Waals surface area contributed by atoms with E-state index in [1.54, 1.807) is 33.0 Å². The van der Waals surface area contributed by atoms with E-state index in [2.05, 4.69) is 31.1 Å². The number of nitrogens with one attached hydrogen (secondary N) is 3. The van der Waals surface area contributed by atoms with Gasteiger partial charge in [0.1, 0.15) is 23.8 Å². The van der Waals surface area contributed by atoms with Crippen LogP contribution in [0.2, 0.25) is 0 Å². The molecular weight excluding hydrogens is 477 g/mol. The zero-order valence-electron chi connectivity index (χ0n) is 19.6. The van der Waals surface area contributed by atoms with E-state index in [1.165, 1.54) is 37.8 Å². The number of amides is 1. The number of pyridine rings is 1. The van der Waals surface area contributed by atoms with E-state index < -0.39 is 22.6 Å². The van der Waals surface area contributed by atoms with E-state index in [9.17, 15) is 17.6 Å². The minimum Gasteiger partial charge on any atom is -0.353 e. The molecule has 0 radical (unpaired) electrons. The maximum absolute atomic E-state index is 14.9. The average Bonchev–Trinajstić information content (AvgIpc) is 2.82. The molecule has 186 valence electrons. The number of anilines is 5. The number of carbonyl (C=O) groups is 1. The van der Waals surface area contributed by atoms with Gasteiger partial charge in [0.2, 0.25) is 10.9 Å². The number of aromatic nitrogens is 3. The van der Waals surface area contributed by atoms with Crippen LogP contribution in [0, 0.1) is 5.82 Å². The molecule has 3 rings (SSSR count). The largest absolute Gasteiger partial charge is 0.353 e. The molecule has 0 saturated carbocycles. The smallest absolute Gasteiger partial charge is 0.278 e. The quantitative estimate of drug-likeness (QED) is 0.242. The summed E-state index contributed by atoms with van der Waals surface area (Å²) in [5.74, 6) is -0.517. The molecule has 2 aromatic heterocycles. The molecular formula is C22H26FN7O4S. The molecule has 2 heterocycles. The molecule has 1 amide bonds. The first-order valence-electron chi connectivity index (χ1n) is 10.6. The first-order chi connectivity index (χ1) is 16.7. The number of hydrogen-bond donors (Lipinski definition) is 4. The van der Waals surface area contributed by atoms with E-state index in [0.29, 0.717) is 17.2 Å². The summed E-state index contributed by atoms with van der Waals surface area (Å²) in [6.07, 6.45) is 4.21. The fourth-order valence-electron chi connectivity index (χ4n) is 3.12. The average molecular weight is 504 g/mol. The number of hydrogen-bond acceptors (Lipinski definition) is 9. The van der Waals surface area contributed by atoms with Crippen molar-refractivity contribution >= 4 is 45.5 Å². The van der Waals surface area contributed by atoms with E-state index >= 15 is 0 Å².